The van der Waals surface area contributed by atoms with Gasteiger partial charge in [-0.25, -0.2) is 4.39 Å². The van der Waals surface area contributed by atoms with Crippen molar-refractivity contribution in [2.24, 2.45) is 0 Å². The highest BCUT2D eigenvalue weighted by Gasteiger charge is 2.30. The summed E-state index contributed by atoms with van der Waals surface area (Å²) in [5, 5.41) is 13.3. The molecule has 0 saturated heterocycles. The highest BCUT2D eigenvalue weighted by Crippen LogP contribution is 2.29. The summed E-state index contributed by atoms with van der Waals surface area (Å²) in [5.41, 5.74) is 1.04. The Labute approximate surface area is 95.5 Å². The molecule has 0 radical (unpaired) electrons. The highest BCUT2D eigenvalue weighted by molar-refractivity contribution is 5.46. The summed E-state index contributed by atoms with van der Waals surface area (Å²) >= 11 is 0. The molecule has 16 heavy (non-hydrogen) atoms. The normalized spacial score (nSPS) is 18.7. The number of nitrogens with one attached hydrogen (secondary N) is 1. The van der Waals surface area contributed by atoms with E-state index in [2.05, 4.69) is 5.32 Å². The van der Waals surface area contributed by atoms with Crippen molar-refractivity contribution < 1.29 is 9.50 Å². The second kappa shape index (κ2) is 4.42. The van der Waals surface area contributed by atoms with Crippen molar-refractivity contribution in [3.63, 3.8) is 0 Å². The molecule has 0 amide bonds. The van der Waals surface area contributed by atoms with E-state index in [0.29, 0.717) is 6.54 Å². The summed E-state index contributed by atoms with van der Waals surface area (Å²) in [4.78, 5) is 0. The molecule has 0 bridgehead atoms. The van der Waals surface area contributed by atoms with Crippen molar-refractivity contribution in [3.05, 3.63) is 29.6 Å². The van der Waals surface area contributed by atoms with Gasteiger partial charge in [-0.3, -0.25) is 0 Å². The Morgan fingerprint density at radius 2 is 2.00 bits per heavy atom. The van der Waals surface area contributed by atoms with Crippen LogP contribution in [0.3, 0.4) is 0 Å². The van der Waals surface area contributed by atoms with Gasteiger partial charge in [-0.05, 0) is 43.5 Å². The lowest BCUT2D eigenvalue weighted by Crippen LogP contribution is -2.33. The summed E-state index contributed by atoms with van der Waals surface area (Å²) in [6.07, 6.45) is 3.85. The van der Waals surface area contributed by atoms with Crippen molar-refractivity contribution in [1.82, 2.24) is 0 Å². The van der Waals surface area contributed by atoms with Gasteiger partial charge in [-0.2, -0.15) is 0 Å². The quantitative estimate of drug-likeness (QED) is 0.825. The maximum absolute atomic E-state index is 13.1. The Morgan fingerprint density at radius 3 is 2.62 bits per heavy atom. The van der Waals surface area contributed by atoms with Crippen LogP contribution in [-0.2, 0) is 0 Å². The average molecular weight is 223 g/mol. The monoisotopic (exact) mass is 223 g/mol. The molecule has 2 nitrogen and oxygen atoms in total. The molecule has 3 heteroatoms. The van der Waals surface area contributed by atoms with E-state index in [-0.39, 0.29) is 5.82 Å². The van der Waals surface area contributed by atoms with E-state index in [1.165, 1.54) is 12.1 Å². The lowest BCUT2D eigenvalue weighted by atomic mass is 10.0. The van der Waals surface area contributed by atoms with Gasteiger partial charge in [0.15, 0.2) is 0 Å². The molecule has 0 aliphatic heterocycles. The highest BCUT2D eigenvalue weighted by atomic mass is 19.1. The van der Waals surface area contributed by atoms with Gasteiger partial charge < -0.3 is 10.4 Å². The number of aryl methyl sites for hydroxylation is 1. The summed E-state index contributed by atoms with van der Waals surface area (Å²) in [7, 11) is 0. The molecule has 0 spiro atoms. The number of hydrogen-bond donors (Lipinski definition) is 2. The minimum Gasteiger partial charge on any atom is -0.388 e. The van der Waals surface area contributed by atoms with Gasteiger partial charge in [0.25, 0.3) is 0 Å². The van der Waals surface area contributed by atoms with E-state index < -0.39 is 5.60 Å². The Morgan fingerprint density at radius 1 is 1.31 bits per heavy atom. The Kier molecular flexibility index (Phi) is 3.15. The van der Waals surface area contributed by atoms with Crippen molar-refractivity contribution in [2.45, 2.75) is 38.2 Å². The first-order chi connectivity index (χ1) is 7.57. The average Bonchev–Trinajstić information content (AvgIpc) is 2.62. The Balaban J connectivity index is 1.98. The van der Waals surface area contributed by atoms with Crippen LogP contribution in [-0.4, -0.2) is 17.3 Å². The zero-order valence-electron chi connectivity index (χ0n) is 9.59. The molecular weight excluding hydrogens is 205 g/mol. The van der Waals surface area contributed by atoms with E-state index in [9.17, 15) is 9.50 Å². The van der Waals surface area contributed by atoms with Gasteiger partial charge in [-0.15, -0.1) is 0 Å². The molecule has 2 N–H and O–H groups in total. The molecule has 0 unspecified atom stereocenters. The third kappa shape index (κ3) is 2.73. The number of halogens is 1. The van der Waals surface area contributed by atoms with Crippen LogP contribution in [0.5, 0.6) is 0 Å². The van der Waals surface area contributed by atoms with Crippen LogP contribution < -0.4 is 5.32 Å². The molecule has 1 aromatic carbocycles. The molecule has 1 aromatic rings. The second-order valence-corrected chi connectivity index (χ2v) is 4.80. The zero-order valence-corrected chi connectivity index (χ0v) is 9.59. The van der Waals surface area contributed by atoms with Crippen LogP contribution in [0.15, 0.2) is 18.2 Å². The van der Waals surface area contributed by atoms with Crippen LogP contribution in [0.1, 0.15) is 31.2 Å². The first kappa shape index (κ1) is 11.4. The summed E-state index contributed by atoms with van der Waals surface area (Å²) in [6, 6.07) is 4.85. The fourth-order valence-corrected chi connectivity index (χ4v) is 2.31. The lowest BCUT2D eigenvalue weighted by molar-refractivity contribution is 0.0614. The minimum absolute atomic E-state index is 0.235. The Bertz CT molecular complexity index is 352. The van der Waals surface area contributed by atoms with E-state index in [4.69, 9.17) is 0 Å². The molecule has 2 rings (SSSR count). The molecule has 0 atom stereocenters. The molecule has 1 fully saturated rings. The number of rotatable bonds is 3. The zero-order chi connectivity index (χ0) is 11.6. The molecule has 0 aromatic heterocycles. The van der Waals surface area contributed by atoms with Crippen LogP contribution >= 0.6 is 0 Å². The third-order valence-corrected chi connectivity index (χ3v) is 3.20. The van der Waals surface area contributed by atoms with Crippen LogP contribution in [0.2, 0.25) is 0 Å². The number of hydrogen-bond acceptors (Lipinski definition) is 2. The maximum Gasteiger partial charge on any atom is 0.125 e. The van der Waals surface area contributed by atoms with E-state index in [1.54, 1.807) is 0 Å². The number of benzene rings is 1. The van der Waals surface area contributed by atoms with Crippen LogP contribution in [0, 0.1) is 12.7 Å². The maximum atomic E-state index is 13.1. The van der Waals surface area contributed by atoms with E-state index in [1.807, 2.05) is 13.0 Å². The molecule has 1 aliphatic rings. The van der Waals surface area contributed by atoms with Gasteiger partial charge in [0.1, 0.15) is 5.82 Å². The third-order valence-electron chi connectivity index (χ3n) is 3.20. The Hall–Kier alpha value is -1.09. The standard InChI is InChI=1S/C13H18FNO/c1-10-6-11(14)8-12(7-10)15-9-13(16)4-2-3-5-13/h6-8,15-16H,2-5,9H2,1H3. The van der Waals surface area contributed by atoms with Gasteiger partial charge in [0, 0.05) is 12.2 Å². The van der Waals surface area contributed by atoms with Crippen molar-refractivity contribution in [2.75, 3.05) is 11.9 Å². The predicted molar refractivity (Wildman–Crippen MR) is 63.0 cm³/mol. The van der Waals surface area contributed by atoms with Crippen molar-refractivity contribution in [1.29, 1.82) is 0 Å². The number of anilines is 1. The summed E-state index contributed by atoms with van der Waals surface area (Å²) < 4.78 is 13.1. The molecule has 1 aliphatic carbocycles. The smallest absolute Gasteiger partial charge is 0.125 e. The first-order valence-corrected chi connectivity index (χ1v) is 5.81. The predicted octanol–water partition coefficient (Wildman–Crippen LogP) is 2.85. The van der Waals surface area contributed by atoms with E-state index in [0.717, 1.165) is 36.9 Å². The van der Waals surface area contributed by atoms with E-state index >= 15 is 0 Å². The molecule has 88 valence electrons. The SMILES string of the molecule is Cc1cc(F)cc(NCC2(O)CCCC2)c1. The molecule has 1 saturated carbocycles. The van der Waals surface area contributed by atoms with Gasteiger partial charge in [0.2, 0.25) is 0 Å². The van der Waals surface area contributed by atoms with Crippen LogP contribution in [0.4, 0.5) is 10.1 Å². The fourth-order valence-electron chi connectivity index (χ4n) is 2.31. The van der Waals surface area contributed by atoms with Gasteiger partial charge in [-0.1, -0.05) is 12.8 Å². The number of aliphatic hydroxyl groups is 1. The van der Waals surface area contributed by atoms with Gasteiger partial charge >= 0.3 is 0 Å². The summed E-state index contributed by atoms with van der Waals surface area (Å²) in [6.45, 7) is 2.37. The van der Waals surface area contributed by atoms with Crippen molar-refractivity contribution in [3.8, 4) is 0 Å². The summed E-state index contributed by atoms with van der Waals surface area (Å²) in [5.74, 6) is -0.235. The van der Waals surface area contributed by atoms with Gasteiger partial charge in [0.05, 0.1) is 5.60 Å². The lowest BCUT2D eigenvalue weighted by Gasteiger charge is -2.23. The van der Waals surface area contributed by atoms with Crippen LogP contribution in [0.25, 0.3) is 0 Å². The molecular formula is C13H18FNO. The first-order valence-electron chi connectivity index (χ1n) is 5.81. The second-order valence-electron chi connectivity index (χ2n) is 4.80. The fraction of sp³-hybridized carbons (Fsp3) is 0.538. The largest absolute Gasteiger partial charge is 0.388 e. The minimum atomic E-state index is -0.597. The topological polar surface area (TPSA) is 32.3 Å². The molecule has 0 heterocycles. The van der Waals surface area contributed by atoms with Crippen molar-refractivity contribution >= 4 is 5.69 Å².